The van der Waals surface area contributed by atoms with Gasteiger partial charge in [0.2, 0.25) is 0 Å². The first-order valence-corrected chi connectivity index (χ1v) is 6.08. The molecule has 0 saturated heterocycles. The van der Waals surface area contributed by atoms with Crippen molar-refractivity contribution in [2.24, 2.45) is 5.41 Å². The normalized spacial score (nSPS) is 15.5. The highest BCUT2D eigenvalue weighted by molar-refractivity contribution is 6.59. The molecule has 0 radical (unpaired) electrons. The van der Waals surface area contributed by atoms with Gasteiger partial charge in [0.1, 0.15) is 22.7 Å². The molecule has 1 rings (SSSR count). The van der Waals surface area contributed by atoms with Crippen LogP contribution >= 0.6 is 34.8 Å². The Bertz CT molecular complexity index is 407. The summed E-state index contributed by atoms with van der Waals surface area (Å²) in [7, 11) is 0. The van der Waals surface area contributed by atoms with E-state index in [0.29, 0.717) is 0 Å². The van der Waals surface area contributed by atoms with Gasteiger partial charge >= 0.3 is 0 Å². The summed E-state index contributed by atoms with van der Waals surface area (Å²) in [6, 6.07) is 0. The highest BCUT2D eigenvalue weighted by Gasteiger charge is 2.44. The van der Waals surface area contributed by atoms with Gasteiger partial charge in [0, 0.05) is 0 Å². The topological polar surface area (TPSA) is 50.9 Å². The maximum Gasteiger partial charge on any atom is 0.137 e. The second-order valence-corrected chi connectivity index (χ2v) is 6.11. The van der Waals surface area contributed by atoms with Crippen molar-refractivity contribution in [3.63, 3.8) is 0 Å². The molecule has 1 N–H and O–H groups in total. The summed E-state index contributed by atoms with van der Waals surface area (Å²) in [5.41, 5.74) is -1.98. The lowest BCUT2D eigenvalue weighted by Gasteiger charge is -2.39. The summed E-state index contributed by atoms with van der Waals surface area (Å²) in [6.45, 7) is 5.63. The van der Waals surface area contributed by atoms with Crippen LogP contribution in [0, 0.1) is 5.41 Å². The third kappa shape index (κ3) is 3.13. The van der Waals surface area contributed by atoms with Crippen LogP contribution in [0.15, 0.2) is 22.2 Å². The van der Waals surface area contributed by atoms with E-state index in [0.717, 1.165) is 0 Å². The fourth-order valence-electron chi connectivity index (χ4n) is 1.34. The van der Waals surface area contributed by atoms with Crippen LogP contribution in [-0.4, -0.2) is 25.5 Å². The first-order valence-electron chi connectivity index (χ1n) is 4.94. The molecule has 1 aromatic heterocycles. The molecule has 0 aliphatic rings. The number of nitrogens with zero attached hydrogens (tertiary/aromatic N) is 3. The van der Waals surface area contributed by atoms with E-state index >= 15 is 0 Å². The molecule has 7 heteroatoms. The number of halogens is 3. The van der Waals surface area contributed by atoms with E-state index in [-0.39, 0.29) is 16.1 Å². The Labute approximate surface area is 115 Å². The largest absolute Gasteiger partial charge is 0.382 e. The fraction of sp³-hybridized carbons (Fsp3) is 0.600. The van der Waals surface area contributed by atoms with Crippen molar-refractivity contribution < 1.29 is 5.11 Å². The number of hydrogen-bond donors (Lipinski definition) is 1. The van der Waals surface area contributed by atoms with Gasteiger partial charge in [-0.2, -0.15) is 5.10 Å². The summed E-state index contributed by atoms with van der Waals surface area (Å²) in [6.07, 6.45) is 2.87. The third-order valence-electron chi connectivity index (χ3n) is 2.63. The average molecular weight is 299 g/mol. The van der Waals surface area contributed by atoms with E-state index in [1.54, 1.807) is 0 Å². The molecule has 0 aromatic carbocycles. The molecule has 0 aliphatic heterocycles. The van der Waals surface area contributed by atoms with Gasteiger partial charge in [-0.3, -0.25) is 0 Å². The van der Waals surface area contributed by atoms with Gasteiger partial charge in [0.25, 0.3) is 0 Å². The Balaban J connectivity index is 3.17. The lowest BCUT2D eigenvalue weighted by atomic mass is 9.76. The lowest BCUT2D eigenvalue weighted by Crippen LogP contribution is -2.47. The molecule has 1 unspecified atom stereocenters. The van der Waals surface area contributed by atoms with Gasteiger partial charge in [-0.05, 0) is 5.41 Å². The standard InChI is InChI=1S/C10H14Cl3N3O/c1-9(2,3)10(17,7(11)8(12)13)4-16-6-14-5-15-16/h5-6,17H,4H2,1-3H3. The Morgan fingerprint density at radius 3 is 2.24 bits per heavy atom. The maximum absolute atomic E-state index is 10.7. The van der Waals surface area contributed by atoms with Crippen LogP contribution in [0.1, 0.15) is 20.8 Å². The van der Waals surface area contributed by atoms with Crippen LogP contribution in [0.25, 0.3) is 0 Å². The van der Waals surface area contributed by atoms with Crippen LogP contribution in [0.4, 0.5) is 0 Å². The van der Waals surface area contributed by atoms with Crippen molar-refractivity contribution in [3.8, 4) is 0 Å². The SMILES string of the molecule is CC(C)(C)C(O)(Cn1cncn1)C(Cl)=C(Cl)Cl. The van der Waals surface area contributed by atoms with E-state index in [2.05, 4.69) is 10.1 Å². The van der Waals surface area contributed by atoms with Crippen molar-refractivity contribution in [1.29, 1.82) is 0 Å². The van der Waals surface area contributed by atoms with Crippen molar-refractivity contribution >= 4 is 34.8 Å². The minimum Gasteiger partial charge on any atom is -0.382 e. The van der Waals surface area contributed by atoms with E-state index in [1.165, 1.54) is 17.3 Å². The second-order valence-electron chi connectivity index (χ2n) is 4.78. The molecule has 1 heterocycles. The lowest BCUT2D eigenvalue weighted by molar-refractivity contribution is -0.0346. The minimum absolute atomic E-state index is 0.00355. The van der Waals surface area contributed by atoms with E-state index in [9.17, 15) is 5.11 Å². The first-order chi connectivity index (χ1) is 7.68. The first kappa shape index (κ1) is 14.8. The van der Waals surface area contributed by atoms with Crippen molar-refractivity contribution in [2.45, 2.75) is 32.9 Å². The number of aromatic nitrogens is 3. The molecule has 0 fully saturated rings. The molecule has 96 valence electrons. The average Bonchev–Trinajstić information content (AvgIpc) is 2.67. The molecule has 0 bridgehead atoms. The Hall–Kier alpha value is -0.290. The van der Waals surface area contributed by atoms with Gasteiger partial charge in [0.15, 0.2) is 0 Å². The Morgan fingerprint density at radius 1 is 1.29 bits per heavy atom. The van der Waals surface area contributed by atoms with Crippen LogP contribution in [0.2, 0.25) is 0 Å². The van der Waals surface area contributed by atoms with Crippen LogP contribution in [0.5, 0.6) is 0 Å². The zero-order chi connectivity index (χ0) is 13.3. The van der Waals surface area contributed by atoms with E-state index in [4.69, 9.17) is 34.8 Å². The summed E-state index contributed by atoms with van der Waals surface area (Å²) >= 11 is 17.4. The summed E-state index contributed by atoms with van der Waals surface area (Å²) in [5.74, 6) is 0. The van der Waals surface area contributed by atoms with Gasteiger partial charge < -0.3 is 5.11 Å². The molecule has 1 atom stereocenters. The predicted molar refractivity (Wildman–Crippen MR) is 69.0 cm³/mol. The predicted octanol–water partition coefficient (Wildman–Crippen LogP) is 2.94. The van der Waals surface area contributed by atoms with Crippen molar-refractivity contribution in [1.82, 2.24) is 14.8 Å². The van der Waals surface area contributed by atoms with E-state index < -0.39 is 11.0 Å². The monoisotopic (exact) mass is 297 g/mol. The molecule has 17 heavy (non-hydrogen) atoms. The van der Waals surface area contributed by atoms with Gasteiger partial charge in [-0.25, -0.2) is 9.67 Å². The number of rotatable bonds is 3. The number of aliphatic hydroxyl groups is 1. The number of hydrogen-bond acceptors (Lipinski definition) is 3. The highest BCUT2D eigenvalue weighted by Crippen LogP contribution is 2.42. The zero-order valence-corrected chi connectivity index (χ0v) is 12.1. The molecule has 4 nitrogen and oxygen atoms in total. The third-order valence-corrected chi connectivity index (χ3v) is 3.70. The van der Waals surface area contributed by atoms with Crippen molar-refractivity contribution in [3.05, 3.63) is 22.2 Å². The second kappa shape index (κ2) is 5.14. The van der Waals surface area contributed by atoms with Crippen LogP contribution in [-0.2, 0) is 6.54 Å². The van der Waals surface area contributed by atoms with Crippen molar-refractivity contribution in [2.75, 3.05) is 0 Å². The Morgan fingerprint density at radius 2 is 1.88 bits per heavy atom. The van der Waals surface area contributed by atoms with Gasteiger partial charge in [0.05, 0.1) is 11.6 Å². The summed E-state index contributed by atoms with van der Waals surface area (Å²) < 4.78 is 1.33. The highest BCUT2D eigenvalue weighted by atomic mass is 35.5. The molecule has 1 aromatic rings. The van der Waals surface area contributed by atoms with E-state index in [1.807, 2.05) is 20.8 Å². The molecule has 0 spiro atoms. The Kier molecular flexibility index (Phi) is 4.47. The molecule has 0 saturated carbocycles. The zero-order valence-electron chi connectivity index (χ0n) is 9.78. The quantitative estimate of drug-likeness (QED) is 0.933. The smallest absolute Gasteiger partial charge is 0.137 e. The van der Waals surface area contributed by atoms with Gasteiger partial charge in [-0.15, -0.1) is 0 Å². The summed E-state index contributed by atoms with van der Waals surface area (Å²) in [4.78, 5) is 3.81. The van der Waals surface area contributed by atoms with Gasteiger partial charge in [-0.1, -0.05) is 55.6 Å². The summed E-state index contributed by atoms with van der Waals surface area (Å²) in [5, 5.41) is 14.6. The minimum atomic E-state index is -1.42. The van der Waals surface area contributed by atoms with Crippen LogP contribution < -0.4 is 0 Å². The molecule has 0 amide bonds. The molecular formula is C10H14Cl3N3O. The maximum atomic E-state index is 10.7. The fourth-order valence-corrected chi connectivity index (χ4v) is 2.00. The molecule has 0 aliphatic carbocycles. The van der Waals surface area contributed by atoms with Crippen LogP contribution in [0.3, 0.4) is 0 Å². The molecular weight excluding hydrogens is 284 g/mol.